The molecule has 0 spiro atoms. The van der Waals surface area contributed by atoms with Gasteiger partial charge in [0.15, 0.2) is 5.56 Å². The molecule has 1 aromatic carbocycles. The molecule has 0 radical (unpaired) electrons. The third kappa shape index (κ3) is 7.93. The minimum atomic E-state index is -1.33. The molecule has 1 heterocycles. The average molecular weight is 485 g/mol. The van der Waals surface area contributed by atoms with E-state index in [1.54, 1.807) is 19.9 Å². The van der Waals surface area contributed by atoms with Crippen LogP contribution in [0.15, 0.2) is 12.1 Å². The minimum absolute atomic E-state index is 0.00159. The number of carbonyl (C=O) groups excluding carboxylic acids is 1. The fourth-order valence-corrected chi connectivity index (χ4v) is 3.91. The molecule has 0 aliphatic heterocycles. The summed E-state index contributed by atoms with van der Waals surface area (Å²) < 4.78 is 23.7. The second kappa shape index (κ2) is 13.0. The van der Waals surface area contributed by atoms with Gasteiger partial charge in [-0.1, -0.05) is 6.07 Å². The molecule has 182 valence electrons. The maximum Gasteiger partial charge on any atom is 0.344 e. The zero-order chi connectivity index (χ0) is 24.4. The maximum atomic E-state index is 14.2. The van der Waals surface area contributed by atoms with Gasteiger partial charge < -0.3 is 25.4 Å². The number of aryl methyl sites for hydroxylation is 2. The van der Waals surface area contributed by atoms with Gasteiger partial charge in [0.2, 0.25) is 5.88 Å². The van der Waals surface area contributed by atoms with Crippen LogP contribution in [0.4, 0.5) is 14.2 Å². The molecule has 0 saturated carbocycles. The number of halogens is 1. The van der Waals surface area contributed by atoms with Crippen LogP contribution in [0.25, 0.3) is 0 Å². The van der Waals surface area contributed by atoms with Crippen LogP contribution in [0.2, 0.25) is 0 Å². The van der Waals surface area contributed by atoms with Crippen LogP contribution in [-0.4, -0.2) is 76.0 Å². The molecule has 2 amide bonds. The smallest absolute Gasteiger partial charge is 0.344 e. The average Bonchev–Trinajstić information content (AvgIpc) is 3.13. The molecule has 2 rings (SSSR count). The van der Waals surface area contributed by atoms with E-state index in [9.17, 15) is 19.1 Å². The number of hydrogen-bond acceptors (Lipinski definition) is 8. The van der Waals surface area contributed by atoms with Gasteiger partial charge in [-0.25, -0.2) is 14.0 Å². The molecule has 0 atom stereocenters. The van der Waals surface area contributed by atoms with E-state index in [0.717, 1.165) is 17.1 Å². The van der Waals surface area contributed by atoms with E-state index in [4.69, 9.17) is 14.9 Å². The number of aromatic carboxylic acids is 1. The van der Waals surface area contributed by atoms with Crippen LogP contribution in [0.3, 0.4) is 0 Å². The summed E-state index contributed by atoms with van der Waals surface area (Å²) in [7, 11) is 0. The molecule has 0 bridgehead atoms. The lowest BCUT2D eigenvalue weighted by Gasteiger charge is -2.19. The van der Waals surface area contributed by atoms with Crippen LogP contribution in [-0.2, 0) is 6.61 Å². The number of urea groups is 1. The van der Waals surface area contributed by atoms with E-state index in [1.165, 1.54) is 6.07 Å². The molecule has 0 fully saturated rings. The number of nitrogens with one attached hydrogen (secondary N) is 2. The zero-order valence-electron chi connectivity index (χ0n) is 18.6. The number of carboxylic acid groups (broad SMARTS) is 1. The molecule has 0 aliphatic carbocycles. The molecule has 5 N–H and O–H groups in total. The Hall–Kier alpha value is -2.80. The molecule has 10 nitrogen and oxygen atoms in total. The predicted octanol–water partition coefficient (Wildman–Crippen LogP) is 1.97. The van der Waals surface area contributed by atoms with E-state index >= 15 is 0 Å². The number of anilines is 1. The number of aliphatic hydroxyl groups is 2. The van der Waals surface area contributed by atoms with Crippen molar-refractivity contribution >= 4 is 28.5 Å². The fourth-order valence-electron chi connectivity index (χ4n) is 3.19. The minimum Gasteiger partial charge on any atom is -0.477 e. The number of ether oxygens (including phenoxy) is 1. The molecule has 2 aromatic rings. The Morgan fingerprint density at radius 3 is 2.48 bits per heavy atom. The van der Waals surface area contributed by atoms with Crippen LogP contribution in [0, 0.1) is 19.7 Å². The Kier molecular flexibility index (Phi) is 10.5. The first kappa shape index (κ1) is 26.5. The number of aromatic nitrogens is 1. The second-order valence-corrected chi connectivity index (χ2v) is 8.12. The van der Waals surface area contributed by atoms with Crippen LogP contribution < -0.4 is 15.4 Å². The quantitative estimate of drug-likeness (QED) is 0.272. The van der Waals surface area contributed by atoms with E-state index in [-0.39, 0.29) is 36.3 Å². The van der Waals surface area contributed by atoms with Gasteiger partial charge in [0.05, 0.1) is 13.2 Å². The largest absolute Gasteiger partial charge is 0.477 e. The van der Waals surface area contributed by atoms with Crippen LogP contribution in [0.5, 0.6) is 5.88 Å². The van der Waals surface area contributed by atoms with Crippen molar-refractivity contribution in [1.82, 2.24) is 14.6 Å². The predicted molar refractivity (Wildman–Crippen MR) is 122 cm³/mol. The van der Waals surface area contributed by atoms with Crippen molar-refractivity contribution in [2.75, 3.05) is 44.7 Å². The van der Waals surface area contributed by atoms with E-state index in [0.29, 0.717) is 43.7 Å². The number of hydrogen-bond donors (Lipinski definition) is 5. The fraction of sp³-hybridized carbons (Fsp3) is 0.476. The molecular weight excluding hydrogens is 455 g/mol. The first-order chi connectivity index (χ1) is 15.8. The highest BCUT2D eigenvalue weighted by Gasteiger charge is 2.24. The summed E-state index contributed by atoms with van der Waals surface area (Å²) in [4.78, 5) is 25.8. The number of aliphatic hydroxyl groups excluding tert-OH is 2. The normalized spacial score (nSPS) is 11.0. The monoisotopic (exact) mass is 484 g/mol. The lowest BCUT2D eigenvalue weighted by molar-refractivity contribution is 0.0693. The molecular formula is C21H29FN4O6S. The highest BCUT2D eigenvalue weighted by atomic mass is 32.1. The van der Waals surface area contributed by atoms with E-state index < -0.39 is 17.8 Å². The number of carboxylic acids is 1. The Balaban J connectivity index is 1.94. The van der Waals surface area contributed by atoms with Gasteiger partial charge in [-0.3, -0.25) is 10.2 Å². The molecule has 12 heteroatoms. The van der Waals surface area contributed by atoms with Crippen LogP contribution in [0.1, 0.15) is 33.5 Å². The van der Waals surface area contributed by atoms with Gasteiger partial charge in [0.25, 0.3) is 0 Å². The van der Waals surface area contributed by atoms with Crippen LogP contribution >= 0.6 is 11.5 Å². The molecule has 1 aromatic heterocycles. The Morgan fingerprint density at radius 2 is 1.88 bits per heavy atom. The summed E-state index contributed by atoms with van der Waals surface area (Å²) in [5, 5.41) is 32.6. The molecule has 0 saturated heterocycles. The van der Waals surface area contributed by atoms with Gasteiger partial charge in [0.1, 0.15) is 17.4 Å². The van der Waals surface area contributed by atoms with E-state index in [1.807, 2.05) is 4.90 Å². The summed E-state index contributed by atoms with van der Waals surface area (Å²) in [5.74, 6) is -1.99. The van der Waals surface area contributed by atoms with E-state index in [2.05, 4.69) is 15.0 Å². The zero-order valence-corrected chi connectivity index (χ0v) is 19.4. The number of nitrogens with zero attached hydrogens (tertiary/aromatic N) is 2. The topological polar surface area (TPSA) is 144 Å². The van der Waals surface area contributed by atoms with Crippen molar-refractivity contribution in [2.24, 2.45) is 0 Å². The summed E-state index contributed by atoms with van der Waals surface area (Å²) in [6.45, 7) is 4.95. The highest BCUT2D eigenvalue weighted by molar-refractivity contribution is 7.11. The Bertz CT molecular complexity index is 926. The van der Waals surface area contributed by atoms with Crippen molar-refractivity contribution in [2.45, 2.75) is 26.9 Å². The Morgan fingerprint density at radius 1 is 1.18 bits per heavy atom. The standard InChI is InChI=1S/C21H29FN4O6S/c1-13-10-14(2)15(16(22)11-13)12-32-18-17(20(29)30)19(33-25-18)24-21(31)23-4-3-5-26(6-8-27)7-9-28/h10-11,27-28H,3-9,12H2,1-2H3,(H,29,30)(H2,23,24,31). The first-order valence-electron chi connectivity index (χ1n) is 10.4. The van der Waals surface area contributed by atoms with Crippen molar-refractivity contribution < 1.29 is 34.0 Å². The van der Waals surface area contributed by atoms with Crippen molar-refractivity contribution in [3.05, 3.63) is 40.2 Å². The van der Waals surface area contributed by atoms with Gasteiger partial charge in [0, 0.05) is 25.2 Å². The Labute approximate surface area is 195 Å². The second-order valence-electron chi connectivity index (χ2n) is 7.35. The molecule has 0 aliphatic rings. The summed E-state index contributed by atoms with van der Waals surface area (Å²) in [6.07, 6.45) is 0.567. The number of amides is 2. The third-order valence-electron chi connectivity index (χ3n) is 4.79. The van der Waals surface area contributed by atoms with Crippen molar-refractivity contribution in [1.29, 1.82) is 0 Å². The highest BCUT2D eigenvalue weighted by Crippen LogP contribution is 2.31. The first-order valence-corrected chi connectivity index (χ1v) is 11.1. The number of rotatable bonds is 13. The third-order valence-corrected chi connectivity index (χ3v) is 5.53. The summed E-state index contributed by atoms with van der Waals surface area (Å²) >= 11 is 0.751. The summed E-state index contributed by atoms with van der Waals surface area (Å²) in [5.41, 5.74) is 1.43. The van der Waals surface area contributed by atoms with Gasteiger partial charge in [-0.15, -0.1) is 0 Å². The van der Waals surface area contributed by atoms with Gasteiger partial charge >= 0.3 is 12.0 Å². The lowest BCUT2D eigenvalue weighted by atomic mass is 10.1. The lowest BCUT2D eigenvalue weighted by Crippen LogP contribution is -2.34. The molecule has 33 heavy (non-hydrogen) atoms. The summed E-state index contributed by atoms with van der Waals surface area (Å²) in [6, 6.07) is 2.56. The maximum absolute atomic E-state index is 14.2. The number of benzene rings is 1. The molecule has 0 unspecified atom stereocenters. The van der Waals surface area contributed by atoms with Gasteiger partial charge in [-0.05, 0) is 55.5 Å². The van der Waals surface area contributed by atoms with Crippen molar-refractivity contribution in [3.8, 4) is 5.88 Å². The van der Waals surface area contributed by atoms with Gasteiger partial charge in [-0.2, -0.15) is 4.37 Å². The SMILES string of the molecule is Cc1cc(C)c(COc2nsc(NC(=O)NCCCN(CCO)CCO)c2C(=O)O)c(F)c1. The number of carbonyl (C=O) groups is 2. The van der Waals surface area contributed by atoms with Crippen molar-refractivity contribution in [3.63, 3.8) is 0 Å².